The van der Waals surface area contributed by atoms with Crippen LogP contribution in [-0.4, -0.2) is 35.0 Å². The molecule has 3 rings (SSSR count). The van der Waals surface area contributed by atoms with Gasteiger partial charge in [0.05, 0.1) is 10.6 Å². The quantitative estimate of drug-likeness (QED) is 0.470. The van der Waals surface area contributed by atoms with Gasteiger partial charge in [0.15, 0.2) is 6.79 Å². The van der Waals surface area contributed by atoms with Gasteiger partial charge in [0.2, 0.25) is 0 Å². The van der Waals surface area contributed by atoms with Crippen molar-refractivity contribution in [2.45, 2.75) is 32.7 Å². The molecule has 0 fully saturated rings. The Balaban J connectivity index is 2.08. The Kier molecular flexibility index (Phi) is 6.54. The third kappa shape index (κ3) is 4.14. The number of halogens is 2. The van der Waals surface area contributed by atoms with Crippen molar-refractivity contribution in [3.05, 3.63) is 75.0 Å². The van der Waals surface area contributed by atoms with E-state index in [2.05, 4.69) is 0 Å². The number of carbonyl (C=O) groups excluding carboxylic acids is 1. The van der Waals surface area contributed by atoms with E-state index >= 15 is 0 Å². The highest BCUT2D eigenvalue weighted by atomic mass is 35.5. The monoisotopic (exact) mass is 435 g/mol. The summed E-state index contributed by atoms with van der Waals surface area (Å²) in [7, 11) is 0. The molecular formula is C22H23Cl2NO4. The van der Waals surface area contributed by atoms with Crippen molar-refractivity contribution in [1.29, 1.82) is 0 Å². The first-order valence-corrected chi connectivity index (χ1v) is 10.0. The second-order valence-corrected chi connectivity index (χ2v) is 7.91. The average Bonchev–Trinajstić information content (AvgIpc) is 2.85. The summed E-state index contributed by atoms with van der Waals surface area (Å²) in [5, 5.41) is 13.1. The van der Waals surface area contributed by atoms with Gasteiger partial charge < -0.3 is 9.84 Å². The summed E-state index contributed by atoms with van der Waals surface area (Å²) < 4.78 is 5.27. The molecule has 1 aliphatic heterocycles. The van der Waals surface area contributed by atoms with Crippen molar-refractivity contribution in [2.24, 2.45) is 0 Å². The zero-order valence-corrected chi connectivity index (χ0v) is 18.0. The summed E-state index contributed by atoms with van der Waals surface area (Å²) in [6.07, 6.45) is 0.359. The molecule has 29 heavy (non-hydrogen) atoms. The van der Waals surface area contributed by atoms with Gasteiger partial charge in [-0.05, 0) is 44.0 Å². The maximum atomic E-state index is 13.3. The molecule has 1 atom stereocenters. The molecule has 1 unspecified atom stereocenters. The van der Waals surface area contributed by atoms with Crippen molar-refractivity contribution in [1.82, 2.24) is 5.06 Å². The van der Waals surface area contributed by atoms with Crippen LogP contribution in [0.25, 0.3) is 5.57 Å². The number of aliphatic hydroxyl groups excluding tert-OH is 1. The molecule has 0 aliphatic carbocycles. The SMILES string of the molecule is CCOCON1C(=O)C(c2ccc(Cl)cc2Cl)=C(O)C1(C)Cc1ccccc1C. The molecule has 0 bridgehead atoms. The number of aliphatic hydroxyl groups is 1. The van der Waals surface area contributed by atoms with E-state index in [1.807, 2.05) is 38.1 Å². The molecule has 5 nitrogen and oxygen atoms in total. The molecule has 1 amide bonds. The molecular weight excluding hydrogens is 413 g/mol. The third-order valence-corrected chi connectivity index (χ3v) is 5.61. The Morgan fingerprint density at radius 1 is 1.17 bits per heavy atom. The minimum Gasteiger partial charge on any atom is -0.509 e. The lowest BCUT2D eigenvalue weighted by Gasteiger charge is -2.34. The minimum atomic E-state index is -1.13. The van der Waals surface area contributed by atoms with Crippen molar-refractivity contribution in [3.63, 3.8) is 0 Å². The fourth-order valence-corrected chi connectivity index (χ4v) is 3.94. The van der Waals surface area contributed by atoms with Gasteiger partial charge in [-0.3, -0.25) is 4.79 Å². The Morgan fingerprint density at radius 2 is 1.90 bits per heavy atom. The van der Waals surface area contributed by atoms with Crippen LogP contribution in [0.15, 0.2) is 48.2 Å². The maximum absolute atomic E-state index is 13.3. The van der Waals surface area contributed by atoms with Gasteiger partial charge in [-0.25, -0.2) is 9.90 Å². The Morgan fingerprint density at radius 3 is 2.55 bits per heavy atom. The molecule has 2 aromatic carbocycles. The number of hydrogen-bond acceptors (Lipinski definition) is 4. The zero-order valence-electron chi connectivity index (χ0n) is 16.5. The van der Waals surface area contributed by atoms with E-state index in [0.717, 1.165) is 11.1 Å². The van der Waals surface area contributed by atoms with E-state index in [4.69, 9.17) is 32.8 Å². The Bertz CT molecular complexity index is 960. The molecule has 154 valence electrons. The maximum Gasteiger partial charge on any atom is 0.282 e. The van der Waals surface area contributed by atoms with Gasteiger partial charge in [-0.15, -0.1) is 0 Å². The first kappa shape index (κ1) is 21.7. The van der Waals surface area contributed by atoms with Crippen LogP contribution in [0.2, 0.25) is 10.0 Å². The molecule has 0 saturated carbocycles. The predicted molar refractivity (Wildman–Crippen MR) is 114 cm³/mol. The highest BCUT2D eigenvalue weighted by Gasteiger charge is 2.51. The average molecular weight is 436 g/mol. The molecule has 0 aromatic heterocycles. The zero-order chi connectivity index (χ0) is 21.2. The van der Waals surface area contributed by atoms with Crippen LogP contribution < -0.4 is 0 Å². The van der Waals surface area contributed by atoms with Crippen molar-refractivity contribution in [3.8, 4) is 0 Å². The Labute approximate surface area is 180 Å². The number of hydrogen-bond donors (Lipinski definition) is 1. The van der Waals surface area contributed by atoms with E-state index in [1.165, 1.54) is 11.1 Å². The second kappa shape index (κ2) is 8.76. The van der Waals surface area contributed by atoms with Gasteiger partial charge in [0.1, 0.15) is 11.3 Å². The lowest BCUT2D eigenvalue weighted by Crippen LogP contribution is -2.48. The molecule has 1 N–H and O–H groups in total. The fraction of sp³-hybridized carbons (Fsp3) is 0.318. The van der Waals surface area contributed by atoms with Crippen molar-refractivity contribution in [2.75, 3.05) is 13.4 Å². The van der Waals surface area contributed by atoms with Gasteiger partial charge in [-0.2, -0.15) is 0 Å². The smallest absolute Gasteiger partial charge is 0.282 e. The topological polar surface area (TPSA) is 59.0 Å². The van der Waals surface area contributed by atoms with Gasteiger partial charge in [-0.1, -0.05) is 53.5 Å². The highest BCUT2D eigenvalue weighted by Crippen LogP contribution is 2.43. The van der Waals surface area contributed by atoms with Crippen LogP contribution in [0.1, 0.15) is 30.5 Å². The fourth-order valence-electron chi connectivity index (χ4n) is 3.44. The van der Waals surface area contributed by atoms with Crippen LogP contribution in [0.5, 0.6) is 0 Å². The Hall–Kier alpha value is -2.05. The number of amides is 1. The molecule has 2 aromatic rings. The molecule has 0 radical (unpaired) electrons. The number of benzene rings is 2. The molecule has 0 spiro atoms. The van der Waals surface area contributed by atoms with Gasteiger partial charge in [0, 0.05) is 23.6 Å². The van der Waals surface area contributed by atoms with E-state index in [0.29, 0.717) is 23.6 Å². The summed E-state index contributed by atoms with van der Waals surface area (Å²) in [6, 6.07) is 12.6. The normalized spacial score (nSPS) is 19.3. The summed E-state index contributed by atoms with van der Waals surface area (Å²) in [4.78, 5) is 18.9. The van der Waals surface area contributed by atoms with Gasteiger partial charge in [0.25, 0.3) is 5.91 Å². The largest absolute Gasteiger partial charge is 0.509 e. The van der Waals surface area contributed by atoms with Crippen LogP contribution in [-0.2, 0) is 20.8 Å². The predicted octanol–water partition coefficient (Wildman–Crippen LogP) is 5.34. The summed E-state index contributed by atoms with van der Waals surface area (Å²) >= 11 is 12.3. The highest BCUT2D eigenvalue weighted by molar-refractivity contribution is 6.37. The number of ether oxygens (including phenoxy) is 1. The van der Waals surface area contributed by atoms with Crippen molar-refractivity contribution >= 4 is 34.7 Å². The first-order chi connectivity index (χ1) is 13.8. The standard InChI is InChI=1S/C22H23Cl2NO4/c1-4-28-13-29-25-21(27)19(17-10-9-16(23)11-18(17)24)20(26)22(25,3)12-15-8-6-5-7-14(15)2/h5-11,26H,4,12-13H2,1-3H3. The molecule has 7 heteroatoms. The summed E-state index contributed by atoms with van der Waals surface area (Å²) in [5.41, 5.74) is 1.41. The summed E-state index contributed by atoms with van der Waals surface area (Å²) in [5.74, 6) is -0.589. The lowest BCUT2D eigenvalue weighted by atomic mass is 9.88. The first-order valence-electron chi connectivity index (χ1n) is 9.28. The number of carbonyl (C=O) groups is 1. The second-order valence-electron chi connectivity index (χ2n) is 7.06. The van der Waals surface area contributed by atoms with Crippen LogP contribution in [0.4, 0.5) is 0 Å². The molecule has 0 saturated heterocycles. The third-order valence-electron chi connectivity index (χ3n) is 5.06. The van der Waals surface area contributed by atoms with Crippen molar-refractivity contribution < 1.29 is 19.5 Å². The minimum absolute atomic E-state index is 0.0965. The van der Waals surface area contributed by atoms with E-state index in [1.54, 1.807) is 19.1 Å². The van der Waals surface area contributed by atoms with Crippen LogP contribution >= 0.6 is 23.2 Å². The number of hydroxylamine groups is 2. The van der Waals surface area contributed by atoms with E-state index in [-0.39, 0.29) is 23.1 Å². The van der Waals surface area contributed by atoms with E-state index in [9.17, 15) is 9.90 Å². The van der Waals surface area contributed by atoms with Crippen LogP contribution in [0.3, 0.4) is 0 Å². The molecule has 1 aliphatic rings. The number of aryl methyl sites for hydroxylation is 1. The lowest BCUT2D eigenvalue weighted by molar-refractivity contribution is -0.245. The van der Waals surface area contributed by atoms with E-state index < -0.39 is 11.4 Å². The number of nitrogens with zero attached hydrogens (tertiary/aromatic N) is 1. The molecule has 1 heterocycles. The summed E-state index contributed by atoms with van der Waals surface area (Å²) in [6.45, 7) is 5.90. The van der Waals surface area contributed by atoms with Gasteiger partial charge >= 0.3 is 0 Å². The van der Waals surface area contributed by atoms with Crippen LogP contribution in [0, 0.1) is 6.92 Å². The number of rotatable bonds is 7.